The standard InChI is InChI=1S/C13H19N3O2/c14-8-11-4-1-2-6-16(11)10-13(17)15-9-12-5-3-7-18-12/h1,3-5,7,11H,2,6,8-10,14H2,(H,15,17). The van der Waals surface area contributed by atoms with Crippen LogP contribution < -0.4 is 11.1 Å². The molecule has 0 spiro atoms. The normalized spacial score (nSPS) is 19.9. The van der Waals surface area contributed by atoms with Gasteiger partial charge in [-0.3, -0.25) is 9.69 Å². The molecule has 2 heterocycles. The summed E-state index contributed by atoms with van der Waals surface area (Å²) < 4.78 is 5.16. The quantitative estimate of drug-likeness (QED) is 0.745. The molecule has 0 radical (unpaired) electrons. The highest BCUT2D eigenvalue weighted by Gasteiger charge is 2.19. The van der Waals surface area contributed by atoms with Crippen LogP contribution in [0.2, 0.25) is 0 Å². The number of carbonyl (C=O) groups is 1. The maximum absolute atomic E-state index is 11.8. The maximum atomic E-state index is 11.8. The topological polar surface area (TPSA) is 71.5 Å². The fourth-order valence-corrected chi connectivity index (χ4v) is 2.04. The summed E-state index contributed by atoms with van der Waals surface area (Å²) in [6, 6.07) is 3.82. The number of carbonyl (C=O) groups excluding carboxylic acids is 1. The van der Waals surface area contributed by atoms with Gasteiger partial charge in [-0.2, -0.15) is 0 Å². The summed E-state index contributed by atoms with van der Waals surface area (Å²) in [6.45, 7) is 2.24. The van der Waals surface area contributed by atoms with Crippen molar-refractivity contribution < 1.29 is 9.21 Å². The predicted octanol–water partition coefficient (Wildman–Crippen LogP) is 0.485. The first-order valence-corrected chi connectivity index (χ1v) is 6.19. The van der Waals surface area contributed by atoms with Crippen molar-refractivity contribution in [1.82, 2.24) is 10.2 Å². The third kappa shape index (κ3) is 3.45. The fraction of sp³-hybridized carbons (Fsp3) is 0.462. The Labute approximate surface area is 107 Å². The van der Waals surface area contributed by atoms with E-state index in [2.05, 4.69) is 22.4 Å². The van der Waals surface area contributed by atoms with E-state index < -0.39 is 0 Å². The molecule has 1 amide bonds. The lowest BCUT2D eigenvalue weighted by atomic mass is 10.1. The van der Waals surface area contributed by atoms with Gasteiger partial charge in [-0.15, -0.1) is 0 Å². The van der Waals surface area contributed by atoms with Gasteiger partial charge < -0.3 is 15.5 Å². The lowest BCUT2D eigenvalue weighted by Crippen LogP contribution is -2.46. The second-order valence-electron chi connectivity index (χ2n) is 4.35. The van der Waals surface area contributed by atoms with Crippen LogP contribution in [-0.2, 0) is 11.3 Å². The summed E-state index contributed by atoms with van der Waals surface area (Å²) in [5.41, 5.74) is 5.68. The number of hydrogen-bond donors (Lipinski definition) is 2. The number of nitrogens with zero attached hydrogens (tertiary/aromatic N) is 1. The molecular weight excluding hydrogens is 230 g/mol. The largest absolute Gasteiger partial charge is 0.467 e. The van der Waals surface area contributed by atoms with Gasteiger partial charge in [0.25, 0.3) is 0 Å². The fourth-order valence-electron chi connectivity index (χ4n) is 2.04. The summed E-state index contributed by atoms with van der Waals surface area (Å²) in [5.74, 6) is 0.761. The summed E-state index contributed by atoms with van der Waals surface area (Å²) in [6.07, 6.45) is 6.77. The molecule has 0 saturated carbocycles. The minimum Gasteiger partial charge on any atom is -0.467 e. The number of nitrogens with two attached hydrogens (primary N) is 1. The van der Waals surface area contributed by atoms with Gasteiger partial charge >= 0.3 is 0 Å². The van der Waals surface area contributed by atoms with Crippen LogP contribution >= 0.6 is 0 Å². The number of nitrogens with one attached hydrogen (secondary N) is 1. The Morgan fingerprint density at radius 2 is 2.50 bits per heavy atom. The molecule has 3 N–H and O–H groups in total. The van der Waals surface area contributed by atoms with Crippen molar-refractivity contribution in [2.45, 2.75) is 19.0 Å². The Kier molecular flexibility index (Phi) is 4.55. The molecule has 0 bridgehead atoms. The molecule has 98 valence electrons. The molecule has 1 unspecified atom stereocenters. The van der Waals surface area contributed by atoms with E-state index >= 15 is 0 Å². The molecule has 5 heteroatoms. The van der Waals surface area contributed by atoms with Gasteiger partial charge in [-0.05, 0) is 18.6 Å². The SMILES string of the molecule is NCC1C=CCCN1CC(=O)NCc1ccco1. The highest BCUT2D eigenvalue weighted by atomic mass is 16.3. The van der Waals surface area contributed by atoms with Crippen LogP contribution in [0.15, 0.2) is 35.0 Å². The number of furan rings is 1. The molecule has 0 fully saturated rings. The molecule has 1 aliphatic rings. The van der Waals surface area contributed by atoms with Crippen molar-refractivity contribution in [2.75, 3.05) is 19.6 Å². The third-order valence-corrected chi connectivity index (χ3v) is 3.04. The zero-order valence-corrected chi connectivity index (χ0v) is 10.3. The molecule has 0 saturated heterocycles. The molecule has 1 aromatic rings. The maximum Gasteiger partial charge on any atom is 0.234 e. The summed E-state index contributed by atoms with van der Waals surface area (Å²) >= 11 is 0. The van der Waals surface area contributed by atoms with Crippen LogP contribution in [-0.4, -0.2) is 36.5 Å². The van der Waals surface area contributed by atoms with Crippen molar-refractivity contribution >= 4 is 5.91 Å². The number of amides is 1. The highest BCUT2D eigenvalue weighted by Crippen LogP contribution is 2.08. The summed E-state index contributed by atoms with van der Waals surface area (Å²) in [7, 11) is 0. The Morgan fingerprint density at radius 1 is 1.61 bits per heavy atom. The Morgan fingerprint density at radius 3 is 3.22 bits per heavy atom. The van der Waals surface area contributed by atoms with Gasteiger partial charge in [0.2, 0.25) is 5.91 Å². The van der Waals surface area contributed by atoms with Gasteiger partial charge in [-0.1, -0.05) is 12.2 Å². The van der Waals surface area contributed by atoms with Gasteiger partial charge in [0.15, 0.2) is 0 Å². The molecule has 2 rings (SSSR count). The lowest BCUT2D eigenvalue weighted by molar-refractivity contribution is -0.122. The average Bonchev–Trinajstić information content (AvgIpc) is 2.90. The second-order valence-corrected chi connectivity index (χ2v) is 4.35. The zero-order valence-electron chi connectivity index (χ0n) is 10.3. The zero-order chi connectivity index (χ0) is 12.8. The Bertz CT molecular complexity index is 400. The van der Waals surface area contributed by atoms with E-state index in [0.717, 1.165) is 18.7 Å². The molecule has 18 heavy (non-hydrogen) atoms. The molecule has 0 aromatic carbocycles. The second kappa shape index (κ2) is 6.37. The van der Waals surface area contributed by atoms with E-state index in [-0.39, 0.29) is 11.9 Å². The van der Waals surface area contributed by atoms with Gasteiger partial charge in [0.1, 0.15) is 5.76 Å². The Balaban J connectivity index is 1.78. The average molecular weight is 249 g/mol. The van der Waals surface area contributed by atoms with Crippen LogP contribution in [0.4, 0.5) is 0 Å². The van der Waals surface area contributed by atoms with Gasteiger partial charge in [0, 0.05) is 19.1 Å². The smallest absolute Gasteiger partial charge is 0.234 e. The van der Waals surface area contributed by atoms with Gasteiger partial charge in [-0.25, -0.2) is 0 Å². The minimum absolute atomic E-state index is 0.000139. The van der Waals surface area contributed by atoms with Crippen LogP contribution in [0.1, 0.15) is 12.2 Å². The third-order valence-electron chi connectivity index (χ3n) is 3.04. The molecule has 5 nitrogen and oxygen atoms in total. The molecule has 0 aliphatic carbocycles. The van der Waals surface area contributed by atoms with E-state index in [9.17, 15) is 4.79 Å². The van der Waals surface area contributed by atoms with Gasteiger partial charge in [0.05, 0.1) is 19.4 Å². The predicted molar refractivity (Wildman–Crippen MR) is 68.7 cm³/mol. The van der Waals surface area contributed by atoms with E-state index in [1.807, 2.05) is 6.07 Å². The van der Waals surface area contributed by atoms with Crippen molar-refractivity contribution in [3.05, 3.63) is 36.3 Å². The van der Waals surface area contributed by atoms with Crippen molar-refractivity contribution in [3.8, 4) is 0 Å². The van der Waals surface area contributed by atoms with Crippen LogP contribution in [0, 0.1) is 0 Å². The summed E-state index contributed by atoms with van der Waals surface area (Å²) in [5, 5.41) is 2.84. The van der Waals surface area contributed by atoms with Crippen LogP contribution in [0.25, 0.3) is 0 Å². The number of hydrogen-bond acceptors (Lipinski definition) is 4. The first-order chi connectivity index (χ1) is 8.79. The number of rotatable bonds is 5. The van der Waals surface area contributed by atoms with E-state index in [4.69, 9.17) is 10.2 Å². The van der Waals surface area contributed by atoms with E-state index in [0.29, 0.717) is 19.6 Å². The molecule has 1 aliphatic heterocycles. The molecule has 1 atom stereocenters. The minimum atomic E-state index is 0.000139. The Hall–Kier alpha value is -1.59. The van der Waals surface area contributed by atoms with Crippen molar-refractivity contribution in [3.63, 3.8) is 0 Å². The van der Waals surface area contributed by atoms with Crippen LogP contribution in [0.5, 0.6) is 0 Å². The molecular formula is C13H19N3O2. The summed E-state index contributed by atoms with van der Waals surface area (Å²) in [4.78, 5) is 13.9. The first kappa shape index (κ1) is 12.9. The molecule has 1 aromatic heterocycles. The van der Waals surface area contributed by atoms with Crippen molar-refractivity contribution in [2.24, 2.45) is 5.73 Å². The van der Waals surface area contributed by atoms with Crippen LogP contribution in [0.3, 0.4) is 0 Å². The van der Waals surface area contributed by atoms with Crippen molar-refractivity contribution in [1.29, 1.82) is 0 Å². The highest BCUT2D eigenvalue weighted by molar-refractivity contribution is 5.78. The monoisotopic (exact) mass is 249 g/mol. The van der Waals surface area contributed by atoms with E-state index in [1.165, 1.54) is 0 Å². The van der Waals surface area contributed by atoms with E-state index in [1.54, 1.807) is 12.3 Å². The lowest BCUT2D eigenvalue weighted by Gasteiger charge is -2.30. The first-order valence-electron chi connectivity index (χ1n) is 6.19.